The molecule has 1 heterocycles. The highest BCUT2D eigenvalue weighted by Gasteiger charge is 2.29. The summed E-state index contributed by atoms with van der Waals surface area (Å²) in [7, 11) is 0. The van der Waals surface area contributed by atoms with Crippen molar-refractivity contribution in [3.05, 3.63) is 118 Å². The van der Waals surface area contributed by atoms with Gasteiger partial charge >= 0.3 is 17.1 Å². The predicted octanol–water partition coefficient (Wildman–Crippen LogP) is 10.9. The summed E-state index contributed by atoms with van der Waals surface area (Å²) >= 11 is 0. The van der Waals surface area contributed by atoms with Crippen LogP contribution in [0.4, 0.5) is 0 Å². The Bertz CT molecular complexity index is 2020. The van der Waals surface area contributed by atoms with Gasteiger partial charge in [-0.2, -0.15) is 0 Å². The molecule has 4 rings (SSSR count). The van der Waals surface area contributed by atoms with Crippen molar-refractivity contribution in [2.24, 2.45) is 0 Å². The minimum absolute atomic E-state index is 0.101. The van der Waals surface area contributed by atoms with Crippen LogP contribution in [0.3, 0.4) is 0 Å². The van der Waals surface area contributed by atoms with Crippen LogP contribution >= 0.6 is 0 Å². The van der Waals surface area contributed by atoms with Crippen molar-refractivity contribution in [2.45, 2.75) is 196 Å². The first kappa shape index (κ1) is 48.1. The second kappa shape index (κ2) is 19.9. The maximum Gasteiger partial charge on any atom is 0.336 e. The molecule has 0 bridgehead atoms. The Hall–Kier alpha value is -4.53. The van der Waals surface area contributed by atoms with Crippen molar-refractivity contribution in [1.29, 1.82) is 0 Å². The van der Waals surface area contributed by atoms with Crippen molar-refractivity contribution in [1.82, 2.24) is 13.7 Å². The van der Waals surface area contributed by atoms with E-state index in [-0.39, 0.29) is 53.1 Å². The minimum Gasteiger partial charge on any atom is -0.508 e. The fraction of sp³-hybridized carbons (Fsp3) is 0.588. The van der Waals surface area contributed by atoms with E-state index < -0.39 is 17.1 Å². The van der Waals surface area contributed by atoms with E-state index in [1.54, 1.807) is 18.2 Å². The molecule has 0 saturated heterocycles. The first-order valence-electron chi connectivity index (χ1n) is 22.5. The summed E-state index contributed by atoms with van der Waals surface area (Å²) in [5, 5.41) is 33.6. The molecule has 0 aliphatic carbocycles. The van der Waals surface area contributed by atoms with Crippen LogP contribution in [0, 0.1) is 20.8 Å². The van der Waals surface area contributed by atoms with E-state index in [0.717, 1.165) is 124 Å². The molecule has 0 radical (unpaired) electrons. The molecule has 3 aromatic carbocycles. The van der Waals surface area contributed by atoms with E-state index in [0.29, 0.717) is 16.7 Å². The number of hydrogen-bond donors (Lipinski definition) is 3. The van der Waals surface area contributed by atoms with Gasteiger partial charge in [0, 0.05) is 0 Å². The van der Waals surface area contributed by atoms with Gasteiger partial charge in [0.15, 0.2) is 0 Å². The van der Waals surface area contributed by atoms with E-state index in [2.05, 4.69) is 62.3 Å². The van der Waals surface area contributed by atoms with E-state index >= 15 is 0 Å². The minimum atomic E-state index is -0.728. The van der Waals surface area contributed by atoms with Gasteiger partial charge in [-0.1, -0.05) is 120 Å². The van der Waals surface area contributed by atoms with E-state index in [9.17, 15) is 29.7 Å². The number of nitrogens with zero attached hydrogens (tertiary/aromatic N) is 3. The molecule has 0 amide bonds. The third-order valence-electron chi connectivity index (χ3n) is 13.1. The molecule has 0 aliphatic heterocycles. The summed E-state index contributed by atoms with van der Waals surface area (Å²) in [5.74, 6) is 0.541. The van der Waals surface area contributed by atoms with Crippen LogP contribution in [0.5, 0.6) is 17.2 Å². The van der Waals surface area contributed by atoms with Crippen molar-refractivity contribution < 1.29 is 15.3 Å². The van der Waals surface area contributed by atoms with Gasteiger partial charge in [-0.3, -0.25) is 0 Å². The molecular weight excluding hydrogens is 751 g/mol. The molecular formula is C51H75N3O6. The number of aromatic hydroxyl groups is 3. The Balaban J connectivity index is 1.96. The third-order valence-corrected chi connectivity index (χ3v) is 13.1. The Morgan fingerprint density at radius 1 is 0.417 bits per heavy atom. The Kier molecular flexibility index (Phi) is 16.0. The molecule has 1 aromatic heterocycles. The lowest BCUT2D eigenvalue weighted by molar-refractivity contribution is 0.406. The zero-order valence-electron chi connectivity index (χ0n) is 39.0. The summed E-state index contributed by atoms with van der Waals surface area (Å²) in [4.78, 5) is 44.1. The van der Waals surface area contributed by atoms with E-state index in [1.807, 2.05) is 39.0 Å². The average molecular weight is 826 g/mol. The highest BCUT2D eigenvalue weighted by atomic mass is 16.3. The van der Waals surface area contributed by atoms with Crippen LogP contribution in [0.2, 0.25) is 0 Å². The lowest BCUT2D eigenvalue weighted by Crippen LogP contribution is -2.55. The number of benzene rings is 3. The van der Waals surface area contributed by atoms with Crippen LogP contribution in [0.15, 0.2) is 50.8 Å². The second-order valence-electron chi connectivity index (χ2n) is 19.5. The smallest absolute Gasteiger partial charge is 0.336 e. The van der Waals surface area contributed by atoms with Gasteiger partial charge in [-0.15, -0.1) is 0 Å². The number of unbranched alkanes of at least 4 members (excludes halogenated alkanes) is 6. The summed E-state index contributed by atoms with van der Waals surface area (Å²) < 4.78 is 3.43. The standard InChI is InChI=1S/C51H75N3O6/c1-13-16-19-22-49(7,8)40-28-37(34(4)25-43(40)55)31-52-46(58)53(32-38-29-41(44(56)26-35(38)5)50(9,10)23-20-17-14-2)48(60)54(47(52)59)33-39-30-42(45(57)27-36(39)6)51(11,12)24-21-18-15-3/h25-30,55-57H,13-24,31-33H2,1-12H3. The maximum absolute atomic E-state index is 14.7. The molecule has 9 nitrogen and oxygen atoms in total. The predicted molar refractivity (Wildman–Crippen MR) is 247 cm³/mol. The van der Waals surface area contributed by atoms with Gasteiger partial charge in [-0.25, -0.2) is 28.1 Å². The molecule has 9 heteroatoms. The maximum atomic E-state index is 14.7. The highest BCUT2D eigenvalue weighted by molar-refractivity contribution is 5.47. The first-order valence-corrected chi connectivity index (χ1v) is 22.5. The Labute approximate surface area is 359 Å². The van der Waals surface area contributed by atoms with Crippen LogP contribution in [-0.2, 0) is 35.9 Å². The summed E-state index contributed by atoms with van der Waals surface area (Å²) in [6.45, 7) is 24.4. The van der Waals surface area contributed by atoms with Gasteiger partial charge in [0.2, 0.25) is 0 Å². The molecule has 4 aromatic rings. The Morgan fingerprint density at radius 3 is 0.867 bits per heavy atom. The molecule has 0 unspecified atom stereocenters. The van der Waals surface area contributed by atoms with E-state index in [4.69, 9.17) is 0 Å². The fourth-order valence-electron chi connectivity index (χ4n) is 8.80. The lowest BCUT2D eigenvalue weighted by atomic mass is 9.78. The van der Waals surface area contributed by atoms with Gasteiger partial charge < -0.3 is 15.3 Å². The van der Waals surface area contributed by atoms with Crippen LogP contribution in [0.25, 0.3) is 0 Å². The number of rotatable bonds is 21. The summed E-state index contributed by atoms with van der Waals surface area (Å²) in [6, 6.07) is 10.9. The fourth-order valence-corrected chi connectivity index (χ4v) is 8.80. The Morgan fingerprint density at radius 2 is 0.650 bits per heavy atom. The van der Waals surface area contributed by atoms with Crippen molar-refractivity contribution in [2.75, 3.05) is 0 Å². The largest absolute Gasteiger partial charge is 0.508 e. The molecule has 0 saturated carbocycles. The second-order valence-corrected chi connectivity index (χ2v) is 19.5. The number of aryl methyl sites for hydroxylation is 3. The summed E-state index contributed by atoms with van der Waals surface area (Å²) in [6.07, 6.45) is 12.1. The van der Waals surface area contributed by atoms with Gasteiger partial charge in [0.25, 0.3) is 0 Å². The molecule has 0 aliphatic rings. The first-order chi connectivity index (χ1) is 28.1. The van der Waals surface area contributed by atoms with Crippen LogP contribution < -0.4 is 17.1 Å². The normalized spacial score (nSPS) is 12.4. The molecule has 60 heavy (non-hydrogen) atoms. The molecule has 0 atom stereocenters. The topological polar surface area (TPSA) is 127 Å². The number of aromatic nitrogens is 3. The zero-order valence-corrected chi connectivity index (χ0v) is 39.0. The van der Waals surface area contributed by atoms with Crippen molar-refractivity contribution in [3.8, 4) is 17.2 Å². The number of hydrogen-bond acceptors (Lipinski definition) is 6. The average Bonchev–Trinajstić information content (AvgIpc) is 3.15. The molecule has 0 fully saturated rings. The van der Waals surface area contributed by atoms with E-state index in [1.165, 1.54) is 0 Å². The van der Waals surface area contributed by atoms with Crippen LogP contribution in [0.1, 0.15) is 189 Å². The van der Waals surface area contributed by atoms with Gasteiger partial charge in [0.05, 0.1) is 19.6 Å². The van der Waals surface area contributed by atoms with Crippen molar-refractivity contribution >= 4 is 0 Å². The zero-order chi connectivity index (χ0) is 44.7. The monoisotopic (exact) mass is 826 g/mol. The lowest BCUT2D eigenvalue weighted by Gasteiger charge is -2.28. The van der Waals surface area contributed by atoms with Crippen molar-refractivity contribution in [3.63, 3.8) is 0 Å². The number of phenolic OH excluding ortho intramolecular Hbond substituents is 3. The van der Waals surface area contributed by atoms with Gasteiger partial charge in [-0.05, 0) is 143 Å². The molecule has 0 spiro atoms. The third kappa shape index (κ3) is 11.0. The highest BCUT2D eigenvalue weighted by Crippen LogP contribution is 2.39. The molecule has 3 N–H and O–H groups in total. The number of phenols is 3. The SMILES string of the molecule is CCCCCC(C)(C)c1cc(Cn2c(=O)n(Cc3cc(C(C)(C)CCCCC)c(O)cc3C)c(=O)n(Cc3cc(C(C)(C)CCCCC)c(O)cc3C)c2=O)c(C)cc1O. The van der Waals surface area contributed by atoms with Crippen LogP contribution in [-0.4, -0.2) is 29.0 Å². The quantitative estimate of drug-likeness (QED) is 0.0718. The van der Waals surface area contributed by atoms with Gasteiger partial charge in [0.1, 0.15) is 17.2 Å². The summed E-state index contributed by atoms with van der Waals surface area (Å²) in [5.41, 5.74) is 3.29. The molecule has 330 valence electrons.